The molecule has 7 heteroatoms. The summed E-state index contributed by atoms with van der Waals surface area (Å²) in [6.45, 7) is 0.221. The standard InChI is InChI=1S/C14H16N2O5/c17-8-12-6-11(7-16(12)14(19)20)15-13(18)21-9-10-4-2-1-3-5-10/h1-5,8,11-12H,6-7,9H2,(H,15,18)(H,19,20)/t11?,12-/m1/s1. The molecule has 1 aromatic carbocycles. The topological polar surface area (TPSA) is 95.9 Å². The lowest BCUT2D eigenvalue weighted by Gasteiger charge is -2.15. The zero-order valence-corrected chi connectivity index (χ0v) is 11.3. The molecular weight excluding hydrogens is 276 g/mol. The summed E-state index contributed by atoms with van der Waals surface area (Å²) in [6.07, 6.45) is -0.962. The SMILES string of the molecule is O=C[C@H]1CC(NC(=O)OCc2ccccc2)CN1C(=O)O. The minimum atomic E-state index is -1.17. The molecular formula is C14H16N2O5. The molecule has 0 bridgehead atoms. The van der Waals surface area contributed by atoms with Gasteiger partial charge >= 0.3 is 12.2 Å². The lowest BCUT2D eigenvalue weighted by Crippen LogP contribution is -2.39. The van der Waals surface area contributed by atoms with Gasteiger partial charge in [0.15, 0.2) is 0 Å². The molecule has 2 atom stereocenters. The quantitative estimate of drug-likeness (QED) is 0.814. The van der Waals surface area contributed by atoms with E-state index in [9.17, 15) is 14.4 Å². The van der Waals surface area contributed by atoms with Gasteiger partial charge in [-0.05, 0) is 12.0 Å². The summed E-state index contributed by atoms with van der Waals surface area (Å²) >= 11 is 0. The average Bonchev–Trinajstić information content (AvgIpc) is 2.89. The normalized spacial score (nSPS) is 20.9. The molecule has 112 valence electrons. The van der Waals surface area contributed by atoms with Crippen LogP contribution in [0.4, 0.5) is 9.59 Å². The molecule has 1 aromatic rings. The number of carbonyl (C=O) groups excluding carboxylic acids is 2. The third-order valence-electron chi connectivity index (χ3n) is 3.28. The number of ether oxygens (including phenoxy) is 1. The maximum Gasteiger partial charge on any atom is 0.407 e. The van der Waals surface area contributed by atoms with Crippen molar-refractivity contribution < 1.29 is 24.2 Å². The van der Waals surface area contributed by atoms with Crippen LogP contribution in [0.15, 0.2) is 30.3 Å². The van der Waals surface area contributed by atoms with Gasteiger partial charge in [-0.3, -0.25) is 4.90 Å². The Balaban J connectivity index is 1.81. The summed E-state index contributed by atoms with van der Waals surface area (Å²) in [5.74, 6) is 0. The number of rotatable bonds is 4. The van der Waals surface area contributed by atoms with Crippen molar-refractivity contribution in [2.75, 3.05) is 6.54 Å². The van der Waals surface area contributed by atoms with Crippen molar-refractivity contribution in [2.24, 2.45) is 0 Å². The van der Waals surface area contributed by atoms with Crippen LogP contribution in [0.1, 0.15) is 12.0 Å². The Labute approximate surface area is 121 Å². The van der Waals surface area contributed by atoms with Gasteiger partial charge in [0, 0.05) is 6.54 Å². The fraction of sp³-hybridized carbons (Fsp3) is 0.357. The zero-order chi connectivity index (χ0) is 15.2. The molecule has 0 aliphatic carbocycles. The smallest absolute Gasteiger partial charge is 0.407 e. The number of alkyl carbamates (subject to hydrolysis) is 1. The molecule has 1 heterocycles. The second-order valence-electron chi connectivity index (χ2n) is 4.78. The molecule has 2 N–H and O–H groups in total. The fourth-order valence-corrected chi connectivity index (χ4v) is 2.25. The van der Waals surface area contributed by atoms with E-state index in [0.29, 0.717) is 6.29 Å². The molecule has 21 heavy (non-hydrogen) atoms. The predicted octanol–water partition coefficient (Wildman–Crippen LogP) is 1.23. The van der Waals surface area contributed by atoms with Gasteiger partial charge in [0.25, 0.3) is 0 Å². The molecule has 1 aliphatic rings. The summed E-state index contributed by atoms with van der Waals surface area (Å²) < 4.78 is 5.05. The maximum absolute atomic E-state index is 11.7. The van der Waals surface area contributed by atoms with Crippen LogP contribution in [0.3, 0.4) is 0 Å². The Hall–Kier alpha value is -2.57. The first kappa shape index (κ1) is 14.8. The molecule has 0 radical (unpaired) electrons. The highest BCUT2D eigenvalue weighted by Gasteiger charge is 2.35. The summed E-state index contributed by atoms with van der Waals surface area (Å²) in [7, 11) is 0. The van der Waals surface area contributed by atoms with Crippen molar-refractivity contribution in [3.8, 4) is 0 Å². The lowest BCUT2D eigenvalue weighted by atomic mass is 10.2. The van der Waals surface area contributed by atoms with E-state index in [2.05, 4.69) is 5.32 Å². The molecule has 0 spiro atoms. The number of amides is 2. The van der Waals surface area contributed by atoms with Crippen molar-refractivity contribution in [3.63, 3.8) is 0 Å². The van der Waals surface area contributed by atoms with E-state index in [4.69, 9.17) is 9.84 Å². The first-order chi connectivity index (χ1) is 10.1. The Morgan fingerprint density at radius 3 is 2.67 bits per heavy atom. The van der Waals surface area contributed by atoms with Crippen molar-refractivity contribution in [3.05, 3.63) is 35.9 Å². The van der Waals surface area contributed by atoms with Gasteiger partial charge in [-0.15, -0.1) is 0 Å². The van der Waals surface area contributed by atoms with Gasteiger partial charge in [0.1, 0.15) is 12.9 Å². The number of aldehydes is 1. The summed E-state index contributed by atoms with van der Waals surface area (Å²) in [5, 5.41) is 11.5. The molecule has 1 aliphatic heterocycles. The van der Waals surface area contributed by atoms with E-state index in [1.54, 1.807) is 0 Å². The molecule has 0 saturated carbocycles. The number of hydrogen-bond donors (Lipinski definition) is 2. The highest BCUT2D eigenvalue weighted by Crippen LogP contribution is 2.16. The van der Waals surface area contributed by atoms with Gasteiger partial charge in [0.2, 0.25) is 0 Å². The Morgan fingerprint density at radius 2 is 2.10 bits per heavy atom. The zero-order valence-electron chi connectivity index (χ0n) is 11.3. The van der Waals surface area contributed by atoms with Crippen LogP contribution >= 0.6 is 0 Å². The van der Waals surface area contributed by atoms with Crippen LogP contribution in [-0.4, -0.2) is 47.1 Å². The van der Waals surface area contributed by atoms with E-state index in [-0.39, 0.29) is 19.6 Å². The van der Waals surface area contributed by atoms with Crippen molar-refractivity contribution in [2.45, 2.75) is 25.1 Å². The molecule has 0 aromatic heterocycles. The van der Waals surface area contributed by atoms with Crippen LogP contribution < -0.4 is 5.32 Å². The van der Waals surface area contributed by atoms with Crippen molar-refractivity contribution in [1.82, 2.24) is 10.2 Å². The third-order valence-corrected chi connectivity index (χ3v) is 3.28. The minimum absolute atomic E-state index is 0.0825. The fourth-order valence-electron chi connectivity index (χ4n) is 2.25. The first-order valence-electron chi connectivity index (χ1n) is 6.52. The third kappa shape index (κ3) is 3.95. The Bertz CT molecular complexity index is 519. The molecule has 1 fully saturated rings. The number of nitrogens with one attached hydrogen (secondary N) is 1. The van der Waals surface area contributed by atoms with Crippen LogP contribution in [-0.2, 0) is 16.1 Å². The van der Waals surface area contributed by atoms with Crippen LogP contribution in [0.25, 0.3) is 0 Å². The summed E-state index contributed by atoms with van der Waals surface area (Å²) in [5.41, 5.74) is 0.858. The van der Waals surface area contributed by atoms with E-state index in [0.717, 1.165) is 10.5 Å². The summed E-state index contributed by atoms with van der Waals surface area (Å²) in [4.78, 5) is 34.4. The highest BCUT2D eigenvalue weighted by molar-refractivity contribution is 5.74. The second-order valence-corrected chi connectivity index (χ2v) is 4.78. The largest absolute Gasteiger partial charge is 0.465 e. The number of benzene rings is 1. The van der Waals surface area contributed by atoms with E-state index in [1.165, 1.54) is 0 Å². The highest BCUT2D eigenvalue weighted by atomic mass is 16.5. The summed E-state index contributed by atoms with van der Waals surface area (Å²) in [6, 6.07) is 8.07. The van der Waals surface area contributed by atoms with Crippen LogP contribution in [0, 0.1) is 0 Å². The first-order valence-corrected chi connectivity index (χ1v) is 6.52. The van der Waals surface area contributed by atoms with Gasteiger partial charge in [0.05, 0.1) is 12.1 Å². The Morgan fingerprint density at radius 1 is 1.38 bits per heavy atom. The number of likely N-dealkylation sites (tertiary alicyclic amines) is 1. The molecule has 1 unspecified atom stereocenters. The van der Waals surface area contributed by atoms with Crippen LogP contribution in [0.5, 0.6) is 0 Å². The molecule has 2 rings (SSSR count). The Kier molecular flexibility index (Phi) is 4.76. The van der Waals surface area contributed by atoms with E-state index in [1.807, 2.05) is 30.3 Å². The van der Waals surface area contributed by atoms with Crippen molar-refractivity contribution >= 4 is 18.5 Å². The molecule has 2 amide bonds. The number of carboxylic acid groups (broad SMARTS) is 1. The van der Waals surface area contributed by atoms with Crippen LogP contribution in [0.2, 0.25) is 0 Å². The van der Waals surface area contributed by atoms with Gasteiger partial charge in [-0.2, -0.15) is 0 Å². The maximum atomic E-state index is 11.7. The van der Waals surface area contributed by atoms with Gasteiger partial charge in [-0.25, -0.2) is 9.59 Å². The minimum Gasteiger partial charge on any atom is -0.465 e. The monoisotopic (exact) mass is 292 g/mol. The lowest BCUT2D eigenvalue weighted by molar-refractivity contribution is -0.111. The predicted molar refractivity (Wildman–Crippen MR) is 72.8 cm³/mol. The van der Waals surface area contributed by atoms with Crippen molar-refractivity contribution in [1.29, 1.82) is 0 Å². The van der Waals surface area contributed by atoms with Gasteiger partial charge in [-0.1, -0.05) is 30.3 Å². The molecule has 1 saturated heterocycles. The number of nitrogens with zero attached hydrogens (tertiary/aromatic N) is 1. The molecule has 7 nitrogen and oxygen atoms in total. The number of hydrogen-bond acceptors (Lipinski definition) is 4. The van der Waals surface area contributed by atoms with Gasteiger partial charge < -0.3 is 20.0 Å². The second kappa shape index (κ2) is 6.74. The van der Waals surface area contributed by atoms with E-state index >= 15 is 0 Å². The number of carbonyl (C=O) groups is 3. The average molecular weight is 292 g/mol. The van der Waals surface area contributed by atoms with E-state index < -0.39 is 24.3 Å².